The minimum absolute atomic E-state index is 0.147. The summed E-state index contributed by atoms with van der Waals surface area (Å²) in [4.78, 5) is 23.3. The molecule has 142 valence electrons. The van der Waals surface area contributed by atoms with E-state index in [1.807, 2.05) is 6.92 Å². The van der Waals surface area contributed by atoms with Gasteiger partial charge >= 0.3 is 11.9 Å². The first-order valence-electron chi connectivity index (χ1n) is 9.66. The molecule has 0 aromatic carbocycles. The summed E-state index contributed by atoms with van der Waals surface area (Å²) in [6.07, 6.45) is 7.53. The maximum absolute atomic E-state index is 11.7. The molecule has 0 saturated heterocycles. The van der Waals surface area contributed by atoms with E-state index in [-0.39, 0.29) is 18.0 Å². The lowest BCUT2D eigenvalue weighted by Gasteiger charge is -2.13. The van der Waals surface area contributed by atoms with Gasteiger partial charge in [-0.3, -0.25) is 9.59 Å². The van der Waals surface area contributed by atoms with Crippen LogP contribution in [0.15, 0.2) is 0 Å². The molecule has 24 heavy (non-hydrogen) atoms. The van der Waals surface area contributed by atoms with Gasteiger partial charge in [-0.1, -0.05) is 53.4 Å². The lowest BCUT2D eigenvalue weighted by atomic mass is 10.1. The van der Waals surface area contributed by atoms with Crippen molar-refractivity contribution in [3.63, 3.8) is 0 Å². The molecular formula is C20H38O4. The van der Waals surface area contributed by atoms with Crippen LogP contribution in [0.5, 0.6) is 0 Å². The molecule has 0 amide bonds. The minimum atomic E-state index is -0.198. The highest BCUT2D eigenvalue weighted by Gasteiger charge is 2.11. The number of rotatable bonds is 14. The van der Waals surface area contributed by atoms with Gasteiger partial charge in [-0.15, -0.1) is 0 Å². The maximum Gasteiger partial charge on any atom is 0.306 e. The van der Waals surface area contributed by atoms with Gasteiger partial charge in [0.05, 0.1) is 6.61 Å². The molecule has 0 aliphatic carbocycles. The Labute approximate surface area is 148 Å². The second kappa shape index (κ2) is 14.3. The molecule has 0 N–H and O–H groups in total. The fourth-order valence-corrected chi connectivity index (χ4v) is 2.40. The summed E-state index contributed by atoms with van der Waals surface area (Å²) in [7, 11) is 0. The molecule has 0 aromatic rings. The van der Waals surface area contributed by atoms with E-state index >= 15 is 0 Å². The van der Waals surface area contributed by atoms with Crippen LogP contribution in [0, 0.1) is 11.8 Å². The Balaban J connectivity index is 3.58. The predicted molar refractivity (Wildman–Crippen MR) is 97.7 cm³/mol. The molecule has 0 bridgehead atoms. The normalized spacial score (nSPS) is 12.5. The summed E-state index contributed by atoms with van der Waals surface area (Å²) >= 11 is 0. The van der Waals surface area contributed by atoms with Gasteiger partial charge in [-0.25, -0.2) is 0 Å². The lowest BCUT2D eigenvalue weighted by molar-refractivity contribution is -0.150. The van der Waals surface area contributed by atoms with Gasteiger partial charge in [0.15, 0.2) is 0 Å². The summed E-state index contributed by atoms with van der Waals surface area (Å²) < 4.78 is 10.5. The summed E-state index contributed by atoms with van der Waals surface area (Å²) in [5.41, 5.74) is 0. The molecule has 0 aliphatic heterocycles. The topological polar surface area (TPSA) is 52.6 Å². The number of hydrogen-bond donors (Lipinski definition) is 0. The quantitative estimate of drug-likeness (QED) is 0.318. The molecule has 1 atom stereocenters. The van der Waals surface area contributed by atoms with E-state index in [2.05, 4.69) is 27.7 Å². The minimum Gasteiger partial charge on any atom is -0.466 e. The summed E-state index contributed by atoms with van der Waals surface area (Å²) in [5, 5.41) is 0. The van der Waals surface area contributed by atoms with E-state index in [1.54, 1.807) is 0 Å². The Kier molecular flexibility index (Phi) is 13.7. The molecule has 1 unspecified atom stereocenters. The molecule has 0 heterocycles. The number of carbonyl (C=O) groups is 2. The molecule has 4 heteroatoms. The zero-order valence-corrected chi connectivity index (χ0v) is 16.4. The Morgan fingerprint density at radius 3 is 1.71 bits per heavy atom. The van der Waals surface area contributed by atoms with Crippen molar-refractivity contribution in [3.8, 4) is 0 Å². The van der Waals surface area contributed by atoms with Crippen molar-refractivity contribution in [1.29, 1.82) is 0 Å². The zero-order chi connectivity index (χ0) is 18.4. The van der Waals surface area contributed by atoms with E-state index in [1.165, 1.54) is 0 Å². The molecule has 0 rings (SSSR count). The van der Waals surface area contributed by atoms with Crippen LogP contribution in [0.3, 0.4) is 0 Å². The van der Waals surface area contributed by atoms with E-state index < -0.39 is 0 Å². The lowest BCUT2D eigenvalue weighted by Crippen LogP contribution is -2.18. The van der Waals surface area contributed by atoms with Crippen molar-refractivity contribution in [2.45, 2.75) is 98.5 Å². The second-order valence-corrected chi connectivity index (χ2v) is 7.59. The largest absolute Gasteiger partial charge is 0.466 e. The Hall–Kier alpha value is -1.06. The third-order valence-electron chi connectivity index (χ3n) is 3.94. The highest BCUT2D eigenvalue weighted by Crippen LogP contribution is 2.11. The number of unbranched alkanes of at least 4 members (excludes halogenated alkanes) is 2. The SMILES string of the molecule is CC(C)CCCCC(=O)OCCC(C)OC(=O)CCCCC(C)C. The molecule has 0 aromatic heterocycles. The van der Waals surface area contributed by atoms with Crippen molar-refractivity contribution < 1.29 is 19.1 Å². The molecule has 0 radical (unpaired) electrons. The van der Waals surface area contributed by atoms with Gasteiger partial charge < -0.3 is 9.47 Å². The van der Waals surface area contributed by atoms with Gasteiger partial charge in [-0.2, -0.15) is 0 Å². The smallest absolute Gasteiger partial charge is 0.306 e. The molecule has 0 aliphatic rings. The Morgan fingerprint density at radius 2 is 1.21 bits per heavy atom. The molecule has 4 nitrogen and oxygen atoms in total. The first-order valence-corrected chi connectivity index (χ1v) is 9.66. The van der Waals surface area contributed by atoms with Crippen molar-refractivity contribution in [3.05, 3.63) is 0 Å². The highest BCUT2D eigenvalue weighted by atomic mass is 16.6. The number of esters is 2. The molecule has 0 spiro atoms. The van der Waals surface area contributed by atoms with Crippen LogP contribution in [-0.4, -0.2) is 24.6 Å². The zero-order valence-electron chi connectivity index (χ0n) is 16.4. The van der Waals surface area contributed by atoms with Gasteiger partial charge in [0, 0.05) is 19.3 Å². The third-order valence-corrected chi connectivity index (χ3v) is 3.94. The number of carbonyl (C=O) groups excluding carboxylic acids is 2. The molecular weight excluding hydrogens is 304 g/mol. The van der Waals surface area contributed by atoms with Crippen molar-refractivity contribution in [2.24, 2.45) is 11.8 Å². The number of hydrogen-bond acceptors (Lipinski definition) is 4. The van der Waals surface area contributed by atoms with Crippen LogP contribution in [0.2, 0.25) is 0 Å². The average molecular weight is 343 g/mol. The fourth-order valence-electron chi connectivity index (χ4n) is 2.40. The molecule has 0 saturated carbocycles. The Bertz CT molecular complexity index is 337. The first-order chi connectivity index (χ1) is 11.3. The summed E-state index contributed by atoms with van der Waals surface area (Å²) in [6, 6.07) is 0. The van der Waals surface area contributed by atoms with Gasteiger partial charge in [-0.05, 0) is 31.6 Å². The van der Waals surface area contributed by atoms with Crippen molar-refractivity contribution in [2.75, 3.05) is 6.61 Å². The maximum atomic E-state index is 11.7. The van der Waals surface area contributed by atoms with Crippen LogP contribution in [-0.2, 0) is 19.1 Å². The van der Waals surface area contributed by atoms with Gasteiger partial charge in [0.1, 0.15) is 6.10 Å². The van der Waals surface area contributed by atoms with E-state index in [4.69, 9.17) is 9.47 Å². The molecule has 0 fully saturated rings. The van der Waals surface area contributed by atoms with Crippen LogP contribution in [0.1, 0.15) is 92.4 Å². The highest BCUT2D eigenvalue weighted by molar-refractivity contribution is 5.69. The van der Waals surface area contributed by atoms with Crippen molar-refractivity contribution >= 4 is 11.9 Å². The summed E-state index contributed by atoms with van der Waals surface area (Å²) in [6.45, 7) is 10.9. The van der Waals surface area contributed by atoms with Crippen LogP contribution >= 0.6 is 0 Å². The fraction of sp³-hybridized carbons (Fsp3) is 0.900. The number of ether oxygens (including phenoxy) is 2. The van der Waals surface area contributed by atoms with Crippen LogP contribution in [0.4, 0.5) is 0 Å². The van der Waals surface area contributed by atoms with Crippen LogP contribution in [0.25, 0.3) is 0 Å². The standard InChI is InChI=1S/C20H38O4/c1-16(2)10-6-8-12-19(21)23-15-14-18(5)24-20(22)13-9-7-11-17(3)4/h16-18H,6-15H2,1-5H3. The first kappa shape index (κ1) is 22.9. The summed E-state index contributed by atoms with van der Waals surface area (Å²) in [5.74, 6) is 1.07. The Morgan fingerprint density at radius 1 is 0.708 bits per heavy atom. The van der Waals surface area contributed by atoms with E-state index in [0.29, 0.717) is 37.7 Å². The van der Waals surface area contributed by atoms with Gasteiger partial charge in [0.2, 0.25) is 0 Å². The van der Waals surface area contributed by atoms with E-state index in [9.17, 15) is 9.59 Å². The second-order valence-electron chi connectivity index (χ2n) is 7.59. The van der Waals surface area contributed by atoms with Crippen LogP contribution < -0.4 is 0 Å². The monoisotopic (exact) mass is 342 g/mol. The van der Waals surface area contributed by atoms with Crippen molar-refractivity contribution in [1.82, 2.24) is 0 Å². The predicted octanol–water partition coefficient (Wildman–Crippen LogP) is 5.28. The average Bonchev–Trinajstić information content (AvgIpc) is 2.47. The van der Waals surface area contributed by atoms with Gasteiger partial charge in [0.25, 0.3) is 0 Å². The third kappa shape index (κ3) is 15.8. The van der Waals surface area contributed by atoms with E-state index in [0.717, 1.165) is 38.5 Å².